The third-order valence-corrected chi connectivity index (χ3v) is 2.26. The lowest BCUT2D eigenvalue weighted by Gasteiger charge is -2.17. The van der Waals surface area contributed by atoms with Gasteiger partial charge in [-0.1, -0.05) is 42.4 Å². The van der Waals surface area contributed by atoms with Gasteiger partial charge in [0.25, 0.3) is 0 Å². The minimum Gasteiger partial charge on any atom is -0.318 e. The van der Waals surface area contributed by atoms with Gasteiger partial charge in [0.05, 0.1) is 12.1 Å². The van der Waals surface area contributed by atoms with E-state index in [2.05, 4.69) is 9.99 Å². The van der Waals surface area contributed by atoms with Crippen molar-refractivity contribution in [2.24, 2.45) is 11.1 Å². The Balaban J connectivity index is 2.31. The molecule has 3 nitrogen and oxygen atoms in total. The number of carbonyl (C=O) groups is 1. The van der Waals surface area contributed by atoms with Gasteiger partial charge in [-0.05, 0) is 5.56 Å². The quantitative estimate of drug-likeness (QED) is 0.633. The highest BCUT2D eigenvalue weighted by Gasteiger charge is 2.23. The van der Waals surface area contributed by atoms with Crippen LogP contribution in [0.4, 0.5) is 0 Å². The summed E-state index contributed by atoms with van der Waals surface area (Å²) in [5.74, 6) is -0.115. The molecule has 2 rings (SSSR count). The first-order chi connectivity index (χ1) is 6.77. The summed E-state index contributed by atoms with van der Waals surface area (Å²) in [7, 11) is 0. The van der Waals surface area contributed by atoms with E-state index in [9.17, 15) is 4.79 Å². The van der Waals surface area contributed by atoms with Crippen molar-refractivity contribution in [3.63, 3.8) is 0 Å². The van der Waals surface area contributed by atoms with Crippen molar-refractivity contribution >= 4 is 11.7 Å². The predicted molar refractivity (Wildman–Crippen MR) is 52.9 cm³/mol. The van der Waals surface area contributed by atoms with Crippen molar-refractivity contribution in [3.05, 3.63) is 35.9 Å². The maximum atomic E-state index is 10.9. The van der Waals surface area contributed by atoms with Gasteiger partial charge in [0, 0.05) is 5.92 Å². The summed E-state index contributed by atoms with van der Waals surface area (Å²) in [5, 5.41) is 3.83. The van der Waals surface area contributed by atoms with Crippen LogP contribution >= 0.6 is 0 Å². The van der Waals surface area contributed by atoms with Crippen LogP contribution in [0.3, 0.4) is 0 Å². The average Bonchev–Trinajstić information content (AvgIpc) is 2.19. The zero-order chi connectivity index (χ0) is 9.97. The molecule has 1 aromatic carbocycles. The van der Waals surface area contributed by atoms with Crippen LogP contribution in [0.15, 0.2) is 35.5 Å². The SMILES string of the molecule is C[C@@H]1CC(=O)ON=C1c1ccccc1. The van der Waals surface area contributed by atoms with E-state index < -0.39 is 0 Å². The van der Waals surface area contributed by atoms with Gasteiger partial charge in [-0.2, -0.15) is 0 Å². The summed E-state index contributed by atoms with van der Waals surface area (Å²) in [5.41, 5.74) is 1.87. The summed E-state index contributed by atoms with van der Waals surface area (Å²) >= 11 is 0. The van der Waals surface area contributed by atoms with Crippen molar-refractivity contribution in [2.45, 2.75) is 13.3 Å². The van der Waals surface area contributed by atoms with Crippen LogP contribution in [0, 0.1) is 5.92 Å². The zero-order valence-corrected chi connectivity index (χ0v) is 7.93. The Bertz CT molecular complexity index is 370. The Morgan fingerprint density at radius 3 is 2.71 bits per heavy atom. The number of hydrogen-bond donors (Lipinski definition) is 0. The van der Waals surface area contributed by atoms with Crippen LogP contribution in [0.25, 0.3) is 0 Å². The minimum absolute atomic E-state index is 0.138. The molecule has 1 aromatic rings. The zero-order valence-electron chi connectivity index (χ0n) is 7.93. The smallest absolute Gasteiger partial charge is 0.318 e. The topological polar surface area (TPSA) is 38.7 Å². The molecule has 14 heavy (non-hydrogen) atoms. The first-order valence-corrected chi connectivity index (χ1v) is 4.60. The van der Waals surface area contributed by atoms with Crippen LogP contribution in [-0.4, -0.2) is 11.7 Å². The standard InChI is InChI=1S/C11H11NO2/c1-8-7-10(13)14-12-11(8)9-5-3-2-4-6-9/h2-6,8H,7H2,1H3/t8-/m1/s1. The van der Waals surface area contributed by atoms with Gasteiger partial charge in [-0.3, -0.25) is 0 Å². The highest BCUT2D eigenvalue weighted by Crippen LogP contribution is 2.18. The monoisotopic (exact) mass is 189 g/mol. The first kappa shape index (κ1) is 8.94. The Kier molecular flexibility index (Phi) is 2.31. The maximum absolute atomic E-state index is 10.9. The summed E-state index contributed by atoms with van der Waals surface area (Å²) in [6, 6.07) is 9.77. The second-order valence-corrected chi connectivity index (χ2v) is 3.41. The molecular formula is C11H11NO2. The molecule has 0 bridgehead atoms. The summed E-state index contributed by atoms with van der Waals surface area (Å²) in [6.07, 6.45) is 0.410. The van der Waals surface area contributed by atoms with E-state index in [1.807, 2.05) is 37.3 Å². The van der Waals surface area contributed by atoms with Gasteiger partial charge >= 0.3 is 5.97 Å². The largest absolute Gasteiger partial charge is 0.335 e. The van der Waals surface area contributed by atoms with Crippen molar-refractivity contribution in [1.29, 1.82) is 0 Å². The number of rotatable bonds is 1. The number of benzene rings is 1. The Morgan fingerprint density at radius 1 is 1.36 bits per heavy atom. The van der Waals surface area contributed by atoms with Crippen molar-refractivity contribution in [3.8, 4) is 0 Å². The molecule has 0 saturated heterocycles. The molecule has 72 valence electrons. The molecule has 0 N–H and O–H groups in total. The van der Waals surface area contributed by atoms with E-state index in [4.69, 9.17) is 0 Å². The number of oxime groups is 1. The molecule has 0 fully saturated rings. The van der Waals surface area contributed by atoms with E-state index in [0.29, 0.717) is 6.42 Å². The van der Waals surface area contributed by atoms with Gasteiger partial charge in [0.2, 0.25) is 0 Å². The van der Waals surface area contributed by atoms with E-state index in [1.54, 1.807) is 0 Å². The molecule has 0 amide bonds. The van der Waals surface area contributed by atoms with Crippen LogP contribution in [0.1, 0.15) is 18.9 Å². The third kappa shape index (κ3) is 1.66. The predicted octanol–water partition coefficient (Wildman–Crippen LogP) is 1.97. The first-order valence-electron chi connectivity index (χ1n) is 4.60. The van der Waals surface area contributed by atoms with Crippen LogP contribution < -0.4 is 0 Å². The fourth-order valence-electron chi connectivity index (χ4n) is 1.52. The van der Waals surface area contributed by atoms with Crippen LogP contribution in [0.5, 0.6) is 0 Å². The molecule has 3 heteroatoms. The maximum Gasteiger partial charge on any atom is 0.335 e. The van der Waals surface area contributed by atoms with Gasteiger partial charge in [0.1, 0.15) is 0 Å². The molecule has 0 unspecified atom stereocenters. The second-order valence-electron chi connectivity index (χ2n) is 3.41. The summed E-state index contributed by atoms with van der Waals surface area (Å²) < 4.78 is 0. The molecule has 1 heterocycles. The van der Waals surface area contributed by atoms with E-state index in [-0.39, 0.29) is 11.9 Å². The molecular weight excluding hydrogens is 178 g/mol. The Labute approximate surface area is 82.4 Å². The molecule has 0 aliphatic carbocycles. The molecule has 0 radical (unpaired) electrons. The highest BCUT2D eigenvalue weighted by atomic mass is 16.7. The Hall–Kier alpha value is -1.64. The van der Waals surface area contributed by atoms with Gasteiger partial charge in [-0.15, -0.1) is 0 Å². The summed E-state index contributed by atoms with van der Waals surface area (Å²) in [6.45, 7) is 1.98. The average molecular weight is 189 g/mol. The van der Waals surface area contributed by atoms with Crippen LogP contribution in [0.2, 0.25) is 0 Å². The van der Waals surface area contributed by atoms with Gasteiger partial charge in [-0.25, -0.2) is 4.79 Å². The van der Waals surface area contributed by atoms with E-state index >= 15 is 0 Å². The van der Waals surface area contributed by atoms with Crippen LogP contribution in [-0.2, 0) is 9.63 Å². The lowest BCUT2D eigenvalue weighted by molar-refractivity contribution is -0.145. The van der Waals surface area contributed by atoms with Crippen molar-refractivity contribution < 1.29 is 9.63 Å². The lowest BCUT2D eigenvalue weighted by Crippen LogP contribution is -2.23. The van der Waals surface area contributed by atoms with Crippen molar-refractivity contribution in [1.82, 2.24) is 0 Å². The minimum atomic E-state index is -0.253. The van der Waals surface area contributed by atoms with Gasteiger partial charge < -0.3 is 4.84 Å². The molecule has 0 saturated carbocycles. The number of carbonyl (C=O) groups excluding carboxylic acids is 1. The fourth-order valence-corrected chi connectivity index (χ4v) is 1.52. The molecule has 0 aromatic heterocycles. The third-order valence-electron chi connectivity index (χ3n) is 2.26. The van der Waals surface area contributed by atoms with E-state index in [0.717, 1.165) is 11.3 Å². The molecule has 1 atom stereocenters. The van der Waals surface area contributed by atoms with E-state index in [1.165, 1.54) is 0 Å². The number of nitrogens with zero attached hydrogens (tertiary/aromatic N) is 1. The summed E-state index contributed by atoms with van der Waals surface area (Å²) in [4.78, 5) is 15.6. The van der Waals surface area contributed by atoms with Crippen molar-refractivity contribution in [2.75, 3.05) is 0 Å². The molecule has 1 aliphatic rings. The number of hydrogen-bond acceptors (Lipinski definition) is 3. The second kappa shape index (κ2) is 3.62. The van der Waals surface area contributed by atoms with Gasteiger partial charge in [0.15, 0.2) is 0 Å². The fraction of sp³-hybridized carbons (Fsp3) is 0.273. The highest BCUT2D eigenvalue weighted by molar-refractivity contribution is 6.04. The normalized spacial score (nSPS) is 21.4. The molecule has 1 aliphatic heterocycles. The molecule has 0 spiro atoms. The Morgan fingerprint density at radius 2 is 2.07 bits per heavy atom. The lowest BCUT2D eigenvalue weighted by atomic mass is 9.95.